The molecule has 1 saturated carbocycles. The molecule has 1 aliphatic carbocycles. The van der Waals surface area contributed by atoms with Gasteiger partial charge in [0.05, 0.1) is 27.0 Å². The number of hydrogen-bond acceptors (Lipinski definition) is 8. The van der Waals surface area contributed by atoms with Crippen molar-refractivity contribution < 1.29 is 27.4 Å². The molecule has 3 atom stereocenters. The maximum absolute atomic E-state index is 13.7. The maximum Gasteiger partial charge on any atom is 0.417 e. The number of nitrogens with zero attached hydrogens (tertiary/aromatic N) is 6. The van der Waals surface area contributed by atoms with Crippen LogP contribution in [0.4, 0.5) is 19.0 Å². The highest BCUT2D eigenvalue weighted by Crippen LogP contribution is 2.42. The van der Waals surface area contributed by atoms with Crippen molar-refractivity contribution in [1.82, 2.24) is 29.0 Å². The van der Waals surface area contributed by atoms with E-state index in [1.807, 2.05) is 24.6 Å². The van der Waals surface area contributed by atoms with Crippen LogP contribution in [0.1, 0.15) is 84.3 Å². The van der Waals surface area contributed by atoms with E-state index in [0.717, 1.165) is 74.2 Å². The molecule has 0 radical (unpaired) electrons. The van der Waals surface area contributed by atoms with Crippen LogP contribution < -0.4 is 5.32 Å². The minimum Gasteiger partial charge on any atom is -0.367 e. The van der Waals surface area contributed by atoms with Gasteiger partial charge in [-0.25, -0.2) is 15.0 Å². The van der Waals surface area contributed by atoms with E-state index in [4.69, 9.17) is 25.8 Å². The van der Waals surface area contributed by atoms with Crippen molar-refractivity contribution in [3.05, 3.63) is 47.1 Å². The van der Waals surface area contributed by atoms with E-state index < -0.39 is 25.6 Å². The van der Waals surface area contributed by atoms with Crippen LogP contribution in [0.15, 0.2) is 30.7 Å². The van der Waals surface area contributed by atoms with Crippen molar-refractivity contribution in [2.75, 3.05) is 25.0 Å². The monoisotopic (exact) mass is 791 g/mol. The number of aryl methyl sites for hydroxylation is 1. The number of alkyl halides is 3. The Morgan fingerprint density at radius 2 is 1.89 bits per heavy atom. The summed E-state index contributed by atoms with van der Waals surface area (Å²) in [6, 6.07) is 6.24. The average Bonchev–Trinajstić information content (AvgIpc) is 3.55. The van der Waals surface area contributed by atoms with E-state index >= 15 is 0 Å². The van der Waals surface area contributed by atoms with Gasteiger partial charge >= 0.3 is 6.18 Å². The summed E-state index contributed by atoms with van der Waals surface area (Å²) >= 11 is 6.16. The van der Waals surface area contributed by atoms with Gasteiger partial charge in [0, 0.05) is 51.8 Å². The second-order valence-corrected chi connectivity index (χ2v) is 23.0. The summed E-state index contributed by atoms with van der Waals surface area (Å²) < 4.78 is 64.5. The number of unbranched alkanes of at least 4 members (excludes halogenated alkanes) is 1. The van der Waals surface area contributed by atoms with Gasteiger partial charge in [0.25, 0.3) is 0 Å². The predicted octanol–water partition coefficient (Wildman–Crippen LogP) is 9.75. The van der Waals surface area contributed by atoms with Gasteiger partial charge in [0.2, 0.25) is 0 Å². The van der Waals surface area contributed by atoms with Crippen molar-refractivity contribution in [2.24, 2.45) is 5.92 Å². The van der Waals surface area contributed by atoms with E-state index in [1.165, 1.54) is 6.07 Å². The van der Waals surface area contributed by atoms with E-state index in [0.29, 0.717) is 30.4 Å². The first kappa shape index (κ1) is 40.9. The lowest BCUT2D eigenvalue weighted by molar-refractivity contribution is -0.156. The third kappa shape index (κ3) is 9.78. The van der Waals surface area contributed by atoms with E-state index in [1.54, 1.807) is 6.33 Å². The van der Waals surface area contributed by atoms with Crippen LogP contribution in [0.3, 0.4) is 0 Å². The van der Waals surface area contributed by atoms with Gasteiger partial charge < -0.3 is 33.6 Å². The van der Waals surface area contributed by atoms with E-state index in [9.17, 15) is 13.2 Å². The molecule has 6 rings (SSSR count). The fourth-order valence-electron chi connectivity index (χ4n) is 7.23. The highest BCUT2D eigenvalue weighted by Gasteiger charge is 2.46. The highest BCUT2D eigenvalue weighted by atomic mass is 35.5. The number of imidazole rings is 1. The van der Waals surface area contributed by atoms with Gasteiger partial charge in [-0.15, -0.1) is 0 Å². The van der Waals surface area contributed by atoms with Crippen LogP contribution in [0.2, 0.25) is 30.7 Å². The second kappa shape index (κ2) is 16.4. The van der Waals surface area contributed by atoms with Gasteiger partial charge in [-0.3, -0.25) is 0 Å². The van der Waals surface area contributed by atoms with Gasteiger partial charge in [-0.1, -0.05) is 38.2 Å². The molecular weight excluding hydrogens is 735 g/mol. The normalized spacial score (nSPS) is 19.9. The highest BCUT2D eigenvalue weighted by molar-refractivity contribution is 6.76. The van der Waals surface area contributed by atoms with Crippen LogP contribution in [-0.2, 0) is 33.5 Å². The Morgan fingerprint density at radius 1 is 1.13 bits per heavy atom. The zero-order chi connectivity index (χ0) is 39.0. The Balaban J connectivity index is 1.14. The van der Waals surface area contributed by atoms with Gasteiger partial charge in [0.15, 0.2) is 12.0 Å². The predicted molar refractivity (Wildman–Crippen MR) is 211 cm³/mol. The standard InChI is InChI=1S/C39H57ClF3N7O3Si/c1-9-26(34-37(53-38(4,5)52-34)49-17-15-28-35(46-27-13-14-27)44-23-45-36(28)49)22-48(25(2)3)16-11-10-12-33-47-31-20-29(39(41,42)43)30(40)21-32(31)50(33)24-51-18-19-54(6,7)8/h15,17,20-21,23,25-27,34,37H,9-14,16,18-19,22,24H2,1-8H3,(H,44,45,46). The fraction of sp³-hybridized carbons (Fsp3) is 0.667. The largest absolute Gasteiger partial charge is 0.417 e. The first-order chi connectivity index (χ1) is 25.4. The summed E-state index contributed by atoms with van der Waals surface area (Å²) in [5.41, 5.74) is 0.781. The van der Waals surface area contributed by atoms with Gasteiger partial charge in [-0.05, 0) is 90.6 Å². The molecule has 2 fully saturated rings. The van der Waals surface area contributed by atoms with Crippen molar-refractivity contribution in [1.29, 1.82) is 0 Å². The molecule has 1 saturated heterocycles. The maximum atomic E-state index is 13.7. The van der Waals surface area contributed by atoms with E-state index in [2.05, 4.69) is 76.2 Å². The molecule has 0 bridgehead atoms. The SMILES string of the molecule is CCC(CN(CCCCc1nc2cc(C(F)(F)F)c(Cl)cc2n1COCC[Si](C)(C)C)C(C)C)C1OC(C)(C)OC1n1ccc2c(NC3CC3)ncnc21. The number of hydrogen-bond donors (Lipinski definition) is 1. The topological polar surface area (TPSA) is 91.5 Å². The summed E-state index contributed by atoms with van der Waals surface area (Å²) in [6.45, 7) is 19.9. The lowest BCUT2D eigenvalue weighted by atomic mass is 9.96. The third-order valence-corrected chi connectivity index (χ3v) is 12.5. The summed E-state index contributed by atoms with van der Waals surface area (Å²) in [7, 11) is -1.32. The molecule has 1 aliphatic heterocycles. The Morgan fingerprint density at radius 3 is 2.56 bits per heavy atom. The van der Waals surface area contributed by atoms with Crippen molar-refractivity contribution >= 4 is 47.6 Å². The molecule has 298 valence electrons. The second-order valence-electron chi connectivity index (χ2n) is 16.9. The van der Waals surface area contributed by atoms with Crippen LogP contribution in [0.5, 0.6) is 0 Å². The molecule has 1 aromatic carbocycles. The zero-order valence-corrected chi connectivity index (χ0v) is 34.7. The molecule has 54 heavy (non-hydrogen) atoms. The summed E-state index contributed by atoms with van der Waals surface area (Å²) in [4.78, 5) is 16.4. The molecular formula is C39H57ClF3N7O3Si. The molecule has 0 amide bonds. The zero-order valence-electron chi connectivity index (χ0n) is 33.0. The van der Waals surface area contributed by atoms with Crippen LogP contribution in [-0.4, -0.2) is 80.7 Å². The molecule has 4 heterocycles. The summed E-state index contributed by atoms with van der Waals surface area (Å²) in [5, 5.41) is 4.17. The number of aromatic nitrogens is 5. The third-order valence-electron chi connectivity index (χ3n) is 10.5. The van der Waals surface area contributed by atoms with Crippen molar-refractivity contribution in [3.63, 3.8) is 0 Å². The average molecular weight is 792 g/mol. The first-order valence-electron chi connectivity index (χ1n) is 19.5. The summed E-state index contributed by atoms with van der Waals surface area (Å²) in [5.74, 6) is 0.969. The minimum atomic E-state index is -4.56. The number of anilines is 1. The Labute approximate surface area is 323 Å². The summed E-state index contributed by atoms with van der Waals surface area (Å²) in [6.07, 6.45) is 4.04. The number of benzene rings is 1. The lowest BCUT2D eigenvalue weighted by Gasteiger charge is -2.34. The molecule has 0 spiro atoms. The molecule has 4 aromatic rings. The quantitative estimate of drug-likeness (QED) is 0.0787. The van der Waals surface area contributed by atoms with Crippen LogP contribution >= 0.6 is 11.6 Å². The minimum absolute atomic E-state index is 0.174. The fourth-order valence-corrected chi connectivity index (χ4v) is 8.26. The molecule has 2 aliphatic rings. The van der Waals surface area contributed by atoms with Crippen molar-refractivity contribution in [2.45, 2.75) is 142 Å². The van der Waals surface area contributed by atoms with Crippen LogP contribution in [0, 0.1) is 5.92 Å². The van der Waals surface area contributed by atoms with Crippen molar-refractivity contribution in [3.8, 4) is 0 Å². The number of fused-ring (bicyclic) bond motifs is 2. The lowest BCUT2D eigenvalue weighted by Crippen LogP contribution is -2.42. The Hall–Kier alpha value is -2.75. The van der Waals surface area contributed by atoms with Crippen LogP contribution in [0.25, 0.3) is 22.1 Å². The number of ether oxygens (including phenoxy) is 3. The number of nitrogens with one attached hydrogen (secondary N) is 1. The molecule has 1 N–H and O–H groups in total. The Kier molecular flexibility index (Phi) is 12.4. The van der Waals surface area contributed by atoms with E-state index in [-0.39, 0.29) is 41.6 Å². The number of rotatable bonds is 18. The molecule has 15 heteroatoms. The van der Waals surface area contributed by atoms with Gasteiger partial charge in [-0.2, -0.15) is 13.2 Å². The van der Waals surface area contributed by atoms with Gasteiger partial charge in [0.1, 0.15) is 36.5 Å². The molecule has 3 aromatic heterocycles. The molecule has 10 nitrogen and oxygen atoms in total. The smallest absolute Gasteiger partial charge is 0.367 e. The Bertz CT molecular complexity index is 1890. The number of halogens is 4. The molecule has 3 unspecified atom stereocenters. The first-order valence-corrected chi connectivity index (χ1v) is 23.5.